The predicted octanol–water partition coefficient (Wildman–Crippen LogP) is 1.71. The molecule has 0 spiro atoms. The molecule has 0 aliphatic carbocycles. The van der Waals surface area contributed by atoms with Crippen LogP contribution in [0.25, 0.3) is 0 Å². The first-order chi connectivity index (χ1) is 15.0. The summed E-state index contributed by atoms with van der Waals surface area (Å²) in [6.07, 6.45) is 0.412. The second kappa shape index (κ2) is 9.49. The van der Waals surface area contributed by atoms with Gasteiger partial charge in [-0.25, -0.2) is 0 Å². The Morgan fingerprint density at radius 2 is 1.71 bits per heavy atom. The van der Waals surface area contributed by atoms with Crippen LogP contribution in [0.2, 0.25) is 0 Å². The molecule has 2 aliphatic rings. The topological polar surface area (TPSA) is 90.3 Å². The highest BCUT2D eigenvalue weighted by Gasteiger charge is 2.34. The number of nitrogens with zero attached hydrogens (tertiary/aromatic N) is 6. The lowest BCUT2D eigenvalue weighted by molar-refractivity contribution is -0.139. The maximum atomic E-state index is 9.28. The van der Waals surface area contributed by atoms with Crippen molar-refractivity contribution in [1.29, 1.82) is 10.5 Å². The summed E-state index contributed by atoms with van der Waals surface area (Å²) < 4.78 is 14.1. The summed E-state index contributed by atoms with van der Waals surface area (Å²) in [5, 5.41) is 22.8. The van der Waals surface area contributed by atoms with Crippen molar-refractivity contribution >= 4 is 0 Å². The van der Waals surface area contributed by atoms with Gasteiger partial charge in [0.15, 0.2) is 0 Å². The van der Waals surface area contributed by atoms with E-state index in [1.165, 1.54) is 5.69 Å². The van der Waals surface area contributed by atoms with E-state index >= 15 is 0 Å². The van der Waals surface area contributed by atoms with Crippen molar-refractivity contribution in [2.75, 3.05) is 45.9 Å². The van der Waals surface area contributed by atoms with Crippen LogP contribution in [-0.2, 0) is 11.3 Å². The lowest BCUT2D eigenvalue weighted by atomic mass is 10.1. The van der Waals surface area contributed by atoms with E-state index in [-0.39, 0.29) is 12.2 Å². The Morgan fingerprint density at radius 3 is 2.32 bits per heavy atom. The second-order valence-corrected chi connectivity index (χ2v) is 8.33. The van der Waals surface area contributed by atoms with Gasteiger partial charge in [0.25, 0.3) is 0 Å². The molecule has 3 heterocycles. The van der Waals surface area contributed by atoms with Gasteiger partial charge in [0.1, 0.15) is 18.4 Å². The average molecular weight is 421 g/mol. The van der Waals surface area contributed by atoms with Crippen molar-refractivity contribution in [3.63, 3.8) is 0 Å². The zero-order chi connectivity index (χ0) is 21.8. The molecule has 31 heavy (non-hydrogen) atoms. The molecule has 0 saturated carbocycles. The molecule has 2 saturated heterocycles. The molecule has 162 valence electrons. The molecule has 0 amide bonds. The van der Waals surface area contributed by atoms with Crippen molar-refractivity contribution in [3.05, 3.63) is 46.8 Å². The standard InChI is InChI=1S/C23H28N6O2/c1-17-9-18(2)29(26-17)6-5-27-13-21-15-28(16-22(14-27)31-21)7-8-30-23-4-3-19(11-24)10-20(23)12-25/h3-4,9-10,21-22H,5-8,13-16H2,1-2H3. The molecule has 2 aliphatic heterocycles. The zero-order valence-electron chi connectivity index (χ0n) is 18.1. The van der Waals surface area contributed by atoms with Gasteiger partial charge in [0.05, 0.1) is 41.6 Å². The summed E-state index contributed by atoms with van der Waals surface area (Å²) in [6, 6.07) is 11.2. The molecule has 0 radical (unpaired) electrons. The van der Waals surface area contributed by atoms with Crippen LogP contribution >= 0.6 is 0 Å². The quantitative estimate of drug-likeness (QED) is 0.673. The molecule has 2 atom stereocenters. The lowest BCUT2D eigenvalue weighted by Crippen LogP contribution is -2.60. The normalized spacial score (nSPS) is 21.4. The molecular weight excluding hydrogens is 392 g/mol. The number of hydrogen-bond acceptors (Lipinski definition) is 7. The largest absolute Gasteiger partial charge is 0.491 e. The number of morpholine rings is 2. The van der Waals surface area contributed by atoms with E-state index in [0.717, 1.165) is 51.5 Å². The predicted molar refractivity (Wildman–Crippen MR) is 115 cm³/mol. The Hall–Kier alpha value is -2.91. The summed E-state index contributed by atoms with van der Waals surface area (Å²) in [4.78, 5) is 4.87. The highest BCUT2D eigenvalue weighted by Crippen LogP contribution is 2.21. The van der Waals surface area contributed by atoms with E-state index in [4.69, 9.17) is 14.7 Å². The fourth-order valence-electron chi connectivity index (χ4n) is 4.46. The minimum Gasteiger partial charge on any atom is -0.491 e. The monoisotopic (exact) mass is 420 g/mol. The SMILES string of the molecule is Cc1cc(C)n(CCN2CC3CN(CCOc4ccc(C#N)cc4C#N)CC(C2)O3)n1. The van der Waals surface area contributed by atoms with Crippen molar-refractivity contribution in [2.45, 2.75) is 32.6 Å². The Labute approximate surface area is 183 Å². The van der Waals surface area contributed by atoms with Gasteiger partial charge in [-0.05, 0) is 38.1 Å². The maximum Gasteiger partial charge on any atom is 0.137 e. The first kappa shape index (κ1) is 21.3. The first-order valence-corrected chi connectivity index (χ1v) is 10.7. The van der Waals surface area contributed by atoms with Gasteiger partial charge >= 0.3 is 0 Å². The van der Waals surface area contributed by atoms with E-state index in [2.05, 4.69) is 38.6 Å². The number of aromatic nitrogens is 2. The minimum atomic E-state index is 0.206. The van der Waals surface area contributed by atoms with Crippen LogP contribution < -0.4 is 4.74 Å². The summed E-state index contributed by atoms with van der Waals surface area (Å²) in [5.74, 6) is 0.533. The molecule has 2 bridgehead atoms. The van der Waals surface area contributed by atoms with Crippen LogP contribution in [-0.4, -0.2) is 77.7 Å². The molecule has 1 aromatic carbocycles. The van der Waals surface area contributed by atoms with Crippen molar-refractivity contribution in [1.82, 2.24) is 19.6 Å². The maximum absolute atomic E-state index is 9.28. The number of fused-ring (bicyclic) bond motifs is 2. The lowest BCUT2D eigenvalue weighted by Gasteiger charge is -2.45. The smallest absolute Gasteiger partial charge is 0.137 e. The third kappa shape index (κ3) is 5.23. The number of ether oxygens (including phenoxy) is 2. The fraction of sp³-hybridized carbons (Fsp3) is 0.522. The summed E-state index contributed by atoms with van der Waals surface area (Å²) >= 11 is 0. The van der Waals surface area contributed by atoms with Crippen molar-refractivity contribution < 1.29 is 9.47 Å². The fourth-order valence-corrected chi connectivity index (χ4v) is 4.46. The zero-order valence-corrected chi connectivity index (χ0v) is 18.1. The molecule has 0 N–H and O–H groups in total. The summed E-state index contributed by atoms with van der Waals surface area (Å²) in [7, 11) is 0. The molecule has 2 unspecified atom stereocenters. The van der Waals surface area contributed by atoms with E-state index in [0.29, 0.717) is 23.5 Å². The summed E-state index contributed by atoms with van der Waals surface area (Å²) in [6.45, 7) is 10.9. The Kier molecular flexibility index (Phi) is 6.53. The molecule has 8 nitrogen and oxygen atoms in total. The van der Waals surface area contributed by atoms with Crippen molar-refractivity contribution in [2.24, 2.45) is 0 Å². The molecule has 1 aromatic heterocycles. The van der Waals surface area contributed by atoms with Gasteiger partial charge in [-0.15, -0.1) is 0 Å². The van der Waals surface area contributed by atoms with E-state index in [9.17, 15) is 5.26 Å². The van der Waals surface area contributed by atoms with Crippen LogP contribution in [0.15, 0.2) is 24.3 Å². The minimum absolute atomic E-state index is 0.206. The van der Waals surface area contributed by atoms with Gasteiger partial charge in [-0.3, -0.25) is 14.5 Å². The first-order valence-electron chi connectivity index (χ1n) is 10.7. The van der Waals surface area contributed by atoms with E-state index in [1.807, 2.05) is 13.0 Å². The van der Waals surface area contributed by atoms with E-state index in [1.54, 1.807) is 18.2 Å². The van der Waals surface area contributed by atoms with Crippen LogP contribution in [0.1, 0.15) is 22.5 Å². The Balaban J connectivity index is 1.24. The van der Waals surface area contributed by atoms with Gasteiger partial charge in [-0.1, -0.05) is 0 Å². The van der Waals surface area contributed by atoms with Gasteiger partial charge in [0.2, 0.25) is 0 Å². The van der Waals surface area contributed by atoms with E-state index < -0.39 is 0 Å². The van der Waals surface area contributed by atoms with Crippen LogP contribution in [0.5, 0.6) is 5.75 Å². The Morgan fingerprint density at radius 1 is 1.00 bits per heavy atom. The van der Waals surface area contributed by atoms with Gasteiger partial charge in [-0.2, -0.15) is 15.6 Å². The molecule has 8 heteroatoms. The molecule has 2 aromatic rings. The van der Waals surface area contributed by atoms with Gasteiger partial charge in [0, 0.05) is 45.0 Å². The highest BCUT2D eigenvalue weighted by molar-refractivity contribution is 5.48. The highest BCUT2D eigenvalue weighted by atomic mass is 16.5. The van der Waals surface area contributed by atoms with Crippen LogP contribution in [0.4, 0.5) is 0 Å². The summed E-state index contributed by atoms with van der Waals surface area (Å²) in [5.41, 5.74) is 3.14. The number of aryl methyl sites for hydroxylation is 2. The molecule has 4 rings (SSSR count). The second-order valence-electron chi connectivity index (χ2n) is 8.33. The van der Waals surface area contributed by atoms with Crippen LogP contribution in [0, 0.1) is 36.5 Å². The Bertz CT molecular complexity index is 990. The third-order valence-electron chi connectivity index (χ3n) is 5.86. The van der Waals surface area contributed by atoms with Crippen molar-refractivity contribution in [3.8, 4) is 17.9 Å². The molecule has 2 fully saturated rings. The number of rotatable bonds is 7. The third-order valence-corrected chi connectivity index (χ3v) is 5.86. The number of hydrogen-bond donors (Lipinski definition) is 0. The van der Waals surface area contributed by atoms with Crippen LogP contribution in [0.3, 0.4) is 0 Å². The van der Waals surface area contributed by atoms with Gasteiger partial charge < -0.3 is 9.47 Å². The number of nitriles is 2. The molecular formula is C23H28N6O2. The number of benzene rings is 1. The average Bonchev–Trinajstić information content (AvgIpc) is 3.08.